The van der Waals surface area contributed by atoms with E-state index in [-0.39, 0.29) is 11.6 Å². The summed E-state index contributed by atoms with van der Waals surface area (Å²) in [5, 5.41) is 0. The molecule has 3 rings (SSSR count). The molecule has 144 valence electrons. The van der Waals surface area contributed by atoms with Crippen molar-refractivity contribution in [3.05, 3.63) is 95.3 Å². The predicted molar refractivity (Wildman–Crippen MR) is 112 cm³/mol. The van der Waals surface area contributed by atoms with E-state index in [0.717, 1.165) is 37.3 Å². The summed E-state index contributed by atoms with van der Waals surface area (Å²) in [6.07, 6.45) is 7.02. The first kappa shape index (κ1) is 19.6. The standard InChI is InChI=1S/C24H26N2O2/c1-19-3-7-21(8-4-19)23(27)11-13-25-15-17-26(18-16-25)14-12-24(28)22-9-5-20(2)6-10-22/h3-14H,15-18H2,1-2H3/b13-11-,14-12+. The number of hydrogen-bond acceptors (Lipinski definition) is 4. The molecule has 0 amide bonds. The lowest BCUT2D eigenvalue weighted by atomic mass is 10.1. The maximum absolute atomic E-state index is 12.2. The van der Waals surface area contributed by atoms with Gasteiger partial charge in [0.2, 0.25) is 0 Å². The molecular weight excluding hydrogens is 348 g/mol. The van der Waals surface area contributed by atoms with E-state index >= 15 is 0 Å². The van der Waals surface area contributed by atoms with Crippen molar-refractivity contribution in [3.63, 3.8) is 0 Å². The summed E-state index contributed by atoms with van der Waals surface area (Å²) in [7, 11) is 0. The first-order valence-corrected chi connectivity index (χ1v) is 9.58. The van der Waals surface area contributed by atoms with E-state index < -0.39 is 0 Å². The van der Waals surface area contributed by atoms with Crippen LogP contribution < -0.4 is 0 Å². The zero-order chi connectivity index (χ0) is 19.9. The fourth-order valence-corrected chi connectivity index (χ4v) is 3.01. The molecule has 0 radical (unpaired) electrons. The van der Waals surface area contributed by atoms with Gasteiger partial charge < -0.3 is 9.80 Å². The number of benzene rings is 2. The molecule has 1 saturated heterocycles. The largest absolute Gasteiger partial charge is 0.374 e. The lowest BCUT2D eigenvalue weighted by molar-refractivity contribution is 0.103. The van der Waals surface area contributed by atoms with Gasteiger partial charge in [0.15, 0.2) is 11.6 Å². The fourth-order valence-electron chi connectivity index (χ4n) is 3.01. The van der Waals surface area contributed by atoms with Gasteiger partial charge in [0.25, 0.3) is 0 Å². The minimum Gasteiger partial charge on any atom is -0.374 e. The third-order valence-electron chi connectivity index (χ3n) is 4.89. The van der Waals surface area contributed by atoms with E-state index in [1.54, 1.807) is 12.2 Å². The topological polar surface area (TPSA) is 40.6 Å². The van der Waals surface area contributed by atoms with Crippen LogP contribution in [0.15, 0.2) is 73.1 Å². The molecule has 4 heteroatoms. The number of allylic oxidation sites excluding steroid dienone is 2. The van der Waals surface area contributed by atoms with Crippen molar-refractivity contribution in [3.8, 4) is 0 Å². The molecule has 0 atom stereocenters. The molecule has 0 saturated carbocycles. The predicted octanol–water partition coefficient (Wildman–Crippen LogP) is 4.01. The Bertz CT molecular complexity index is 796. The van der Waals surface area contributed by atoms with Gasteiger partial charge in [0.1, 0.15) is 0 Å². The lowest BCUT2D eigenvalue weighted by Crippen LogP contribution is -2.41. The fraction of sp³-hybridized carbons (Fsp3) is 0.250. The average molecular weight is 374 g/mol. The van der Waals surface area contributed by atoms with E-state index in [9.17, 15) is 9.59 Å². The Labute approximate surface area is 166 Å². The van der Waals surface area contributed by atoms with Gasteiger partial charge >= 0.3 is 0 Å². The summed E-state index contributed by atoms with van der Waals surface area (Å²) >= 11 is 0. The summed E-state index contributed by atoms with van der Waals surface area (Å²) in [4.78, 5) is 28.7. The zero-order valence-corrected chi connectivity index (χ0v) is 16.5. The molecule has 2 aromatic carbocycles. The van der Waals surface area contributed by atoms with Gasteiger partial charge in [-0.15, -0.1) is 0 Å². The van der Waals surface area contributed by atoms with Crippen molar-refractivity contribution < 1.29 is 9.59 Å². The van der Waals surface area contributed by atoms with Crippen LogP contribution in [0.1, 0.15) is 31.8 Å². The van der Waals surface area contributed by atoms with Crippen LogP contribution in [0.2, 0.25) is 0 Å². The smallest absolute Gasteiger partial charge is 0.187 e. The maximum Gasteiger partial charge on any atom is 0.187 e. The molecule has 0 spiro atoms. The molecule has 0 aromatic heterocycles. The Morgan fingerprint density at radius 2 is 0.964 bits per heavy atom. The molecule has 0 unspecified atom stereocenters. The molecule has 1 aliphatic rings. The lowest BCUT2D eigenvalue weighted by Gasteiger charge is -2.33. The third kappa shape index (κ3) is 5.43. The molecule has 1 aliphatic heterocycles. The second kappa shape index (κ2) is 9.18. The number of carbonyl (C=O) groups excluding carboxylic acids is 2. The molecular formula is C24H26N2O2. The number of piperazine rings is 1. The van der Waals surface area contributed by atoms with Gasteiger partial charge in [0, 0.05) is 61.9 Å². The Morgan fingerprint density at radius 3 is 1.29 bits per heavy atom. The van der Waals surface area contributed by atoms with Gasteiger partial charge in [-0.1, -0.05) is 59.7 Å². The van der Waals surface area contributed by atoms with Crippen molar-refractivity contribution in [2.45, 2.75) is 13.8 Å². The van der Waals surface area contributed by atoms with Gasteiger partial charge in [-0.2, -0.15) is 0 Å². The van der Waals surface area contributed by atoms with Crippen LogP contribution in [0.5, 0.6) is 0 Å². The van der Waals surface area contributed by atoms with E-state index in [2.05, 4.69) is 9.80 Å². The van der Waals surface area contributed by atoms with Crippen molar-refractivity contribution in [1.82, 2.24) is 9.80 Å². The quantitative estimate of drug-likeness (QED) is 0.566. The maximum atomic E-state index is 12.2. The van der Waals surface area contributed by atoms with Gasteiger partial charge in [-0.3, -0.25) is 9.59 Å². The minimum atomic E-state index is 0.0195. The highest BCUT2D eigenvalue weighted by Crippen LogP contribution is 2.08. The number of hydrogen-bond donors (Lipinski definition) is 0. The minimum absolute atomic E-state index is 0.0195. The van der Waals surface area contributed by atoms with Crippen LogP contribution >= 0.6 is 0 Å². The highest BCUT2D eigenvalue weighted by atomic mass is 16.1. The van der Waals surface area contributed by atoms with E-state index in [1.807, 2.05) is 74.8 Å². The molecule has 0 N–H and O–H groups in total. The van der Waals surface area contributed by atoms with Crippen molar-refractivity contribution in [2.75, 3.05) is 26.2 Å². The molecule has 1 fully saturated rings. The Kier molecular flexibility index (Phi) is 6.43. The number of carbonyl (C=O) groups is 2. The first-order valence-electron chi connectivity index (χ1n) is 9.58. The number of aryl methyl sites for hydroxylation is 2. The monoisotopic (exact) mass is 374 g/mol. The molecule has 2 aromatic rings. The Hall–Kier alpha value is -3.14. The summed E-state index contributed by atoms with van der Waals surface area (Å²) in [6.45, 7) is 7.29. The molecule has 28 heavy (non-hydrogen) atoms. The second-order valence-corrected chi connectivity index (χ2v) is 7.16. The van der Waals surface area contributed by atoms with Gasteiger partial charge in [-0.05, 0) is 13.8 Å². The summed E-state index contributed by atoms with van der Waals surface area (Å²) in [5.74, 6) is 0.0389. The number of ketones is 2. The Morgan fingerprint density at radius 1 is 0.643 bits per heavy atom. The first-order chi connectivity index (χ1) is 13.5. The van der Waals surface area contributed by atoms with Crippen LogP contribution in [0, 0.1) is 13.8 Å². The second-order valence-electron chi connectivity index (χ2n) is 7.16. The van der Waals surface area contributed by atoms with Crippen LogP contribution in [-0.2, 0) is 0 Å². The molecule has 4 nitrogen and oxygen atoms in total. The number of rotatable bonds is 6. The molecule has 1 heterocycles. The van der Waals surface area contributed by atoms with Gasteiger partial charge in [0.05, 0.1) is 0 Å². The van der Waals surface area contributed by atoms with Crippen LogP contribution in [0.3, 0.4) is 0 Å². The molecule has 0 aliphatic carbocycles. The Balaban J connectivity index is 1.47. The highest BCUT2D eigenvalue weighted by Gasteiger charge is 2.12. The summed E-state index contributed by atoms with van der Waals surface area (Å²) < 4.78 is 0. The zero-order valence-electron chi connectivity index (χ0n) is 16.5. The third-order valence-corrected chi connectivity index (χ3v) is 4.89. The van der Waals surface area contributed by atoms with E-state index in [1.165, 1.54) is 0 Å². The van der Waals surface area contributed by atoms with Crippen molar-refractivity contribution in [2.24, 2.45) is 0 Å². The normalized spacial score (nSPS) is 14.8. The van der Waals surface area contributed by atoms with E-state index in [4.69, 9.17) is 0 Å². The molecule has 0 bridgehead atoms. The van der Waals surface area contributed by atoms with Crippen molar-refractivity contribution in [1.29, 1.82) is 0 Å². The highest BCUT2D eigenvalue weighted by molar-refractivity contribution is 6.04. The van der Waals surface area contributed by atoms with Crippen LogP contribution in [0.25, 0.3) is 0 Å². The van der Waals surface area contributed by atoms with Crippen LogP contribution in [0.4, 0.5) is 0 Å². The SMILES string of the molecule is Cc1ccc(C(=O)/C=C\N2CCN(/C=C/C(=O)c3ccc(C)cc3)CC2)cc1. The summed E-state index contributed by atoms with van der Waals surface area (Å²) in [6, 6.07) is 15.2. The number of nitrogens with zero attached hydrogens (tertiary/aromatic N) is 2. The van der Waals surface area contributed by atoms with E-state index in [0.29, 0.717) is 11.1 Å². The average Bonchev–Trinajstić information content (AvgIpc) is 2.72. The van der Waals surface area contributed by atoms with Crippen molar-refractivity contribution >= 4 is 11.6 Å². The summed E-state index contributed by atoms with van der Waals surface area (Å²) in [5.41, 5.74) is 3.70. The van der Waals surface area contributed by atoms with Crippen LogP contribution in [-0.4, -0.2) is 47.5 Å². The van der Waals surface area contributed by atoms with Gasteiger partial charge in [-0.25, -0.2) is 0 Å².